The molecular weight excluding hydrogens is 486 g/mol. The van der Waals surface area contributed by atoms with Gasteiger partial charge in [-0.25, -0.2) is 4.79 Å². The first-order chi connectivity index (χ1) is 17.1. The van der Waals surface area contributed by atoms with Gasteiger partial charge in [-0.3, -0.25) is 10.1 Å². The van der Waals surface area contributed by atoms with Gasteiger partial charge in [-0.15, -0.1) is 0 Å². The Labute approximate surface area is 220 Å². The van der Waals surface area contributed by atoms with Crippen LogP contribution < -0.4 is 15.4 Å². The van der Waals surface area contributed by atoms with Gasteiger partial charge in [0, 0.05) is 10.9 Å². The predicted molar refractivity (Wildman–Crippen MR) is 151 cm³/mol. The summed E-state index contributed by atoms with van der Waals surface area (Å²) >= 11 is 0. The average Bonchev–Trinajstić information content (AvgIpc) is 3.19. The van der Waals surface area contributed by atoms with Gasteiger partial charge >= 0.3 is 6.09 Å². The molecule has 0 spiro atoms. The number of fused-ring (bicyclic) bond motifs is 1. The number of carbonyl (C=O) groups is 2. The molecule has 37 heavy (non-hydrogen) atoms. The first-order valence-electron chi connectivity index (χ1n) is 12.4. The number of hydrogen-bond donors (Lipinski definition) is 3. The highest BCUT2D eigenvalue weighted by Gasteiger charge is 2.36. The van der Waals surface area contributed by atoms with E-state index in [1.165, 1.54) is 0 Å². The van der Waals surface area contributed by atoms with E-state index < -0.39 is 20.0 Å². The lowest BCUT2D eigenvalue weighted by molar-refractivity contribution is 0.0635. The van der Waals surface area contributed by atoms with Gasteiger partial charge in [0.05, 0.1) is 18.0 Å². The van der Waals surface area contributed by atoms with Crippen LogP contribution >= 0.6 is 0 Å². The number of para-hydroxylation sites is 2. The molecule has 0 unspecified atom stereocenters. The second kappa shape index (κ2) is 11.0. The highest BCUT2D eigenvalue weighted by Crippen LogP contribution is 2.36. The largest absolute Gasteiger partial charge is 0.491 e. The van der Waals surface area contributed by atoms with Crippen molar-refractivity contribution in [3.05, 3.63) is 54.2 Å². The Bertz CT molecular complexity index is 1250. The van der Waals surface area contributed by atoms with E-state index in [1.54, 1.807) is 51.1 Å². The molecule has 0 bridgehead atoms. The zero-order chi connectivity index (χ0) is 27.4. The molecular formula is C28H39N3O5Si. The van der Waals surface area contributed by atoms with Crippen molar-refractivity contribution in [3.8, 4) is 5.75 Å². The molecule has 3 aromatic rings. The minimum Gasteiger partial charge on any atom is -0.491 e. The van der Waals surface area contributed by atoms with E-state index in [-0.39, 0.29) is 10.9 Å². The van der Waals surface area contributed by atoms with Gasteiger partial charge in [-0.2, -0.15) is 0 Å². The summed E-state index contributed by atoms with van der Waals surface area (Å²) in [7, 11) is -1.81. The molecule has 1 aromatic heterocycles. The van der Waals surface area contributed by atoms with Crippen LogP contribution in [0.2, 0.25) is 18.1 Å². The second-order valence-electron chi connectivity index (χ2n) is 11.5. The van der Waals surface area contributed by atoms with Gasteiger partial charge < -0.3 is 24.2 Å². The number of aromatic nitrogens is 1. The molecule has 1 heterocycles. The van der Waals surface area contributed by atoms with Crippen LogP contribution in [0.4, 0.5) is 16.2 Å². The standard InChI is InChI=1S/C28H39N3O5Si/c1-27(2,3)36-26(33)31-23-12-10-9-11-22(23)30-25(32)24-18-19-17-20(13-14-21(19)29-24)34-15-16-35-37(7,8)28(4,5)6/h9-14,17-18,29H,15-16H2,1-8H3,(H,30,32)(H,31,33). The van der Waals surface area contributed by atoms with Crippen molar-refractivity contribution >= 4 is 42.6 Å². The fourth-order valence-electron chi connectivity index (χ4n) is 3.30. The van der Waals surface area contributed by atoms with E-state index >= 15 is 0 Å². The minimum atomic E-state index is -1.81. The number of aromatic amines is 1. The summed E-state index contributed by atoms with van der Waals surface area (Å²) in [5.74, 6) is 0.379. The van der Waals surface area contributed by atoms with Crippen molar-refractivity contribution < 1.29 is 23.5 Å². The first kappa shape index (κ1) is 28.3. The highest BCUT2D eigenvalue weighted by molar-refractivity contribution is 6.74. The molecule has 0 saturated heterocycles. The van der Waals surface area contributed by atoms with Crippen molar-refractivity contribution in [2.45, 2.75) is 65.3 Å². The molecule has 0 aliphatic rings. The number of benzene rings is 2. The Hall–Kier alpha value is -3.30. The summed E-state index contributed by atoms with van der Waals surface area (Å²) in [5, 5.41) is 6.55. The molecule has 9 heteroatoms. The molecule has 0 aliphatic carbocycles. The smallest absolute Gasteiger partial charge is 0.412 e. The van der Waals surface area contributed by atoms with Crippen molar-refractivity contribution in [1.82, 2.24) is 4.98 Å². The molecule has 3 N–H and O–H groups in total. The third-order valence-electron chi connectivity index (χ3n) is 6.27. The monoisotopic (exact) mass is 525 g/mol. The summed E-state index contributed by atoms with van der Waals surface area (Å²) in [4.78, 5) is 28.3. The van der Waals surface area contributed by atoms with Crippen LogP contribution in [-0.2, 0) is 9.16 Å². The predicted octanol–water partition coefficient (Wildman–Crippen LogP) is 7.17. The zero-order valence-electron chi connectivity index (χ0n) is 23.1. The van der Waals surface area contributed by atoms with Crippen LogP contribution in [0.25, 0.3) is 10.9 Å². The molecule has 0 aliphatic heterocycles. The lowest BCUT2D eigenvalue weighted by Crippen LogP contribution is -2.41. The van der Waals surface area contributed by atoms with Gasteiger partial charge in [0.1, 0.15) is 23.7 Å². The number of hydrogen-bond acceptors (Lipinski definition) is 5. The maximum Gasteiger partial charge on any atom is 0.412 e. The lowest BCUT2D eigenvalue weighted by atomic mass is 10.2. The normalized spacial score (nSPS) is 12.3. The van der Waals surface area contributed by atoms with Crippen molar-refractivity contribution in [1.29, 1.82) is 0 Å². The zero-order valence-corrected chi connectivity index (χ0v) is 24.1. The van der Waals surface area contributed by atoms with Crippen LogP contribution in [0.5, 0.6) is 5.75 Å². The maximum atomic E-state index is 13.0. The van der Waals surface area contributed by atoms with Crippen LogP contribution in [0, 0.1) is 0 Å². The van der Waals surface area contributed by atoms with E-state index in [4.69, 9.17) is 13.9 Å². The van der Waals surface area contributed by atoms with Crippen LogP contribution in [0.3, 0.4) is 0 Å². The quantitative estimate of drug-likeness (QED) is 0.214. The average molecular weight is 526 g/mol. The number of carbonyl (C=O) groups excluding carboxylic acids is 2. The third kappa shape index (κ3) is 7.84. The lowest BCUT2D eigenvalue weighted by Gasteiger charge is -2.36. The fourth-order valence-corrected chi connectivity index (χ4v) is 4.33. The number of ether oxygens (including phenoxy) is 2. The molecule has 0 atom stereocenters. The number of nitrogens with one attached hydrogen (secondary N) is 3. The van der Waals surface area contributed by atoms with Gasteiger partial charge in [-0.1, -0.05) is 32.9 Å². The molecule has 0 radical (unpaired) electrons. The molecule has 2 amide bonds. The van der Waals surface area contributed by atoms with E-state index in [9.17, 15) is 9.59 Å². The number of H-pyrrole nitrogens is 1. The summed E-state index contributed by atoms with van der Waals surface area (Å²) < 4.78 is 17.4. The number of amides is 2. The Kier molecular flexibility index (Phi) is 8.39. The van der Waals surface area contributed by atoms with E-state index in [2.05, 4.69) is 49.5 Å². The van der Waals surface area contributed by atoms with Crippen LogP contribution in [0.1, 0.15) is 52.0 Å². The van der Waals surface area contributed by atoms with Gasteiger partial charge in [0.2, 0.25) is 0 Å². The van der Waals surface area contributed by atoms with Crippen molar-refractivity contribution in [3.63, 3.8) is 0 Å². The summed E-state index contributed by atoms with van der Waals surface area (Å²) in [6, 6.07) is 14.4. The second-order valence-corrected chi connectivity index (χ2v) is 16.3. The van der Waals surface area contributed by atoms with Gasteiger partial charge in [-0.05, 0) is 75.3 Å². The number of rotatable bonds is 8. The van der Waals surface area contributed by atoms with Crippen molar-refractivity contribution in [2.24, 2.45) is 0 Å². The fraction of sp³-hybridized carbons (Fsp3) is 0.429. The molecule has 2 aromatic carbocycles. The van der Waals surface area contributed by atoms with Crippen LogP contribution in [0.15, 0.2) is 48.5 Å². The molecule has 3 rings (SSSR count). The molecule has 0 saturated carbocycles. The Morgan fingerprint density at radius 2 is 1.54 bits per heavy atom. The van der Waals surface area contributed by atoms with E-state index in [0.717, 1.165) is 10.9 Å². The first-order valence-corrected chi connectivity index (χ1v) is 15.4. The van der Waals surface area contributed by atoms with E-state index in [0.29, 0.717) is 36.0 Å². The summed E-state index contributed by atoms with van der Waals surface area (Å²) in [6.45, 7) is 17.4. The van der Waals surface area contributed by atoms with E-state index in [1.807, 2.05) is 18.2 Å². The SMILES string of the molecule is CC(C)(C)OC(=O)Nc1ccccc1NC(=O)c1cc2cc(OCCO[Si](C)(C)C(C)(C)C)ccc2[nH]1. The minimum absolute atomic E-state index is 0.153. The third-order valence-corrected chi connectivity index (χ3v) is 10.8. The Balaban J connectivity index is 1.64. The molecule has 0 fully saturated rings. The van der Waals surface area contributed by atoms with Crippen LogP contribution in [-0.4, -0.2) is 44.1 Å². The Morgan fingerprint density at radius 3 is 2.16 bits per heavy atom. The molecule has 8 nitrogen and oxygen atoms in total. The number of anilines is 2. The van der Waals surface area contributed by atoms with Gasteiger partial charge in [0.15, 0.2) is 8.32 Å². The van der Waals surface area contributed by atoms with Gasteiger partial charge in [0.25, 0.3) is 5.91 Å². The topological polar surface area (TPSA) is 102 Å². The van der Waals surface area contributed by atoms with Crippen molar-refractivity contribution in [2.75, 3.05) is 23.8 Å². The maximum absolute atomic E-state index is 13.0. The Morgan fingerprint density at radius 1 is 0.892 bits per heavy atom. The highest BCUT2D eigenvalue weighted by atomic mass is 28.4. The summed E-state index contributed by atoms with van der Waals surface area (Å²) in [6.07, 6.45) is -0.595. The molecule has 200 valence electrons. The summed E-state index contributed by atoms with van der Waals surface area (Å²) in [5.41, 5.74) is 1.47.